The van der Waals surface area contributed by atoms with E-state index in [9.17, 15) is 0 Å². The highest BCUT2D eigenvalue weighted by atomic mass is 16.5. The van der Waals surface area contributed by atoms with Crippen molar-refractivity contribution in [3.05, 3.63) is 18.1 Å². The molecule has 4 nitrogen and oxygen atoms in total. The predicted molar refractivity (Wildman–Crippen MR) is 57.5 cm³/mol. The maximum atomic E-state index is 6.36. The van der Waals surface area contributed by atoms with Gasteiger partial charge in [-0.2, -0.15) is 0 Å². The molecule has 1 aliphatic carbocycles. The molecule has 2 rings (SSSR count). The standard InChI is InChI=1S/C11H17N3O/c1-8-3-4-11(12,7-8)9-10(15-2)14-6-5-13-9/h5-6,8H,3-4,7,12H2,1-2H3. The van der Waals surface area contributed by atoms with Gasteiger partial charge in [-0.05, 0) is 25.2 Å². The SMILES string of the molecule is COc1nccnc1C1(N)CCC(C)C1. The average Bonchev–Trinajstić information content (AvgIpc) is 2.60. The molecule has 2 N–H and O–H groups in total. The Morgan fingerprint density at radius 3 is 2.80 bits per heavy atom. The summed E-state index contributed by atoms with van der Waals surface area (Å²) in [7, 11) is 1.61. The summed E-state index contributed by atoms with van der Waals surface area (Å²) < 4.78 is 5.20. The fourth-order valence-electron chi connectivity index (χ4n) is 2.36. The Balaban J connectivity index is 2.36. The Morgan fingerprint density at radius 1 is 1.47 bits per heavy atom. The lowest BCUT2D eigenvalue weighted by atomic mass is 9.93. The maximum Gasteiger partial charge on any atom is 0.237 e. The van der Waals surface area contributed by atoms with Crippen molar-refractivity contribution in [2.45, 2.75) is 31.7 Å². The summed E-state index contributed by atoms with van der Waals surface area (Å²) in [6.45, 7) is 2.22. The van der Waals surface area contributed by atoms with Crippen LogP contribution < -0.4 is 10.5 Å². The molecule has 0 spiro atoms. The molecule has 0 saturated heterocycles. The molecule has 82 valence electrons. The van der Waals surface area contributed by atoms with Gasteiger partial charge in [0.05, 0.1) is 12.6 Å². The van der Waals surface area contributed by atoms with Crippen molar-refractivity contribution in [3.8, 4) is 5.88 Å². The normalized spacial score (nSPS) is 30.5. The van der Waals surface area contributed by atoms with Gasteiger partial charge in [0, 0.05) is 12.4 Å². The van der Waals surface area contributed by atoms with E-state index < -0.39 is 0 Å². The minimum atomic E-state index is -0.348. The smallest absolute Gasteiger partial charge is 0.237 e. The number of hydrogen-bond acceptors (Lipinski definition) is 4. The quantitative estimate of drug-likeness (QED) is 0.797. The van der Waals surface area contributed by atoms with Crippen molar-refractivity contribution in [1.82, 2.24) is 9.97 Å². The van der Waals surface area contributed by atoms with Crippen molar-refractivity contribution in [2.24, 2.45) is 11.7 Å². The third kappa shape index (κ3) is 1.81. The van der Waals surface area contributed by atoms with Crippen LogP contribution in [0.25, 0.3) is 0 Å². The third-order valence-corrected chi connectivity index (χ3v) is 3.13. The highest BCUT2D eigenvalue weighted by molar-refractivity contribution is 5.27. The van der Waals surface area contributed by atoms with Crippen LogP contribution in [-0.2, 0) is 5.54 Å². The van der Waals surface area contributed by atoms with Crippen molar-refractivity contribution < 1.29 is 4.74 Å². The fourth-order valence-corrected chi connectivity index (χ4v) is 2.36. The molecular weight excluding hydrogens is 190 g/mol. The second-order valence-electron chi connectivity index (χ2n) is 4.42. The summed E-state index contributed by atoms with van der Waals surface area (Å²) in [5.74, 6) is 1.22. The molecular formula is C11H17N3O. The van der Waals surface area contributed by atoms with E-state index in [1.165, 1.54) is 0 Å². The monoisotopic (exact) mass is 207 g/mol. The summed E-state index contributed by atoms with van der Waals surface area (Å²) >= 11 is 0. The highest BCUT2D eigenvalue weighted by Crippen LogP contribution is 2.41. The van der Waals surface area contributed by atoms with Gasteiger partial charge >= 0.3 is 0 Å². The first-order chi connectivity index (χ1) is 7.15. The van der Waals surface area contributed by atoms with Gasteiger partial charge in [-0.3, -0.25) is 4.98 Å². The topological polar surface area (TPSA) is 61.0 Å². The van der Waals surface area contributed by atoms with Crippen molar-refractivity contribution in [2.75, 3.05) is 7.11 Å². The molecule has 1 saturated carbocycles. The van der Waals surface area contributed by atoms with Gasteiger partial charge in [-0.1, -0.05) is 6.92 Å². The number of ether oxygens (including phenoxy) is 1. The predicted octanol–water partition coefficient (Wildman–Crippen LogP) is 1.46. The van der Waals surface area contributed by atoms with Gasteiger partial charge < -0.3 is 10.5 Å². The number of hydrogen-bond donors (Lipinski definition) is 1. The first-order valence-corrected chi connectivity index (χ1v) is 5.30. The van der Waals surface area contributed by atoms with E-state index in [1.54, 1.807) is 19.5 Å². The first-order valence-electron chi connectivity index (χ1n) is 5.30. The van der Waals surface area contributed by atoms with Crippen LogP contribution in [0, 0.1) is 5.92 Å². The van der Waals surface area contributed by atoms with Crippen LogP contribution in [0.4, 0.5) is 0 Å². The maximum absolute atomic E-state index is 6.36. The Labute approximate surface area is 89.9 Å². The van der Waals surface area contributed by atoms with E-state index in [2.05, 4.69) is 16.9 Å². The number of methoxy groups -OCH3 is 1. The lowest BCUT2D eigenvalue weighted by Crippen LogP contribution is -2.35. The molecule has 1 aromatic heterocycles. The minimum absolute atomic E-state index is 0.348. The third-order valence-electron chi connectivity index (χ3n) is 3.13. The molecule has 2 atom stereocenters. The zero-order valence-corrected chi connectivity index (χ0v) is 9.23. The Hall–Kier alpha value is -1.16. The van der Waals surface area contributed by atoms with Crippen LogP contribution in [-0.4, -0.2) is 17.1 Å². The van der Waals surface area contributed by atoms with Crippen molar-refractivity contribution in [3.63, 3.8) is 0 Å². The molecule has 1 heterocycles. The molecule has 0 radical (unpaired) electrons. The van der Waals surface area contributed by atoms with E-state index in [4.69, 9.17) is 10.5 Å². The summed E-state index contributed by atoms with van der Waals surface area (Å²) in [6, 6.07) is 0. The fraction of sp³-hybridized carbons (Fsp3) is 0.636. The van der Waals surface area contributed by atoms with Crippen LogP contribution in [0.15, 0.2) is 12.4 Å². The molecule has 0 aromatic carbocycles. The van der Waals surface area contributed by atoms with Crippen molar-refractivity contribution in [1.29, 1.82) is 0 Å². The Bertz CT molecular complexity index is 355. The van der Waals surface area contributed by atoms with Crippen LogP contribution in [0.1, 0.15) is 31.9 Å². The molecule has 0 aliphatic heterocycles. The van der Waals surface area contributed by atoms with Crippen LogP contribution >= 0.6 is 0 Å². The lowest BCUT2D eigenvalue weighted by molar-refractivity contribution is 0.352. The van der Waals surface area contributed by atoms with Gasteiger partial charge in [-0.15, -0.1) is 0 Å². The zero-order chi connectivity index (χ0) is 10.9. The van der Waals surface area contributed by atoms with Gasteiger partial charge in [-0.25, -0.2) is 4.98 Å². The molecule has 1 aromatic rings. The van der Waals surface area contributed by atoms with Crippen LogP contribution in [0.5, 0.6) is 5.88 Å². The van der Waals surface area contributed by atoms with Gasteiger partial charge in [0.25, 0.3) is 0 Å². The van der Waals surface area contributed by atoms with Crippen LogP contribution in [0.2, 0.25) is 0 Å². The van der Waals surface area contributed by atoms with Gasteiger partial charge in [0.15, 0.2) is 0 Å². The Morgan fingerprint density at radius 2 is 2.20 bits per heavy atom. The van der Waals surface area contributed by atoms with Crippen molar-refractivity contribution >= 4 is 0 Å². The molecule has 1 aliphatic rings. The van der Waals surface area contributed by atoms with E-state index >= 15 is 0 Å². The summed E-state index contributed by atoms with van der Waals surface area (Å²) in [5, 5.41) is 0. The summed E-state index contributed by atoms with van der Waals surface area (Å²) in [6.07, 6.45) is 6.38. The number of aromatic nitrogens is 2. The molecule has 0 bridgehead atoms. The summed E-state index contributed by atoms with van der Waals surface area (Å²) in [5.41, 5.74) is 6.82. The summed E-state index contributed by atoms with van der Waals surface area (Å²) in [4.78, 5) is 8.47. The Kier molecular flexibility index (Phi) is 2.61. The second-order valence-corrected chi connectivity index (χ2v) is 4.42. The van der Waals surface area contributed by atoms with E-state index in [0.29, 0.717) is 11.8 Å². The van der Waals surface area contributed by atoms with E-state index in [-0.39, 0.29) is 5.54 Å². The molecule has 4 heteroatoms. The number of nitrogens with two attached hydrogens (primary N) is 1. The largest absolute Gasteiger partial charge is 0.480 e. The van der Waals surface area contributed by atoms with E-state index in [1.807, 2.05) is 0 Å². The van der Waals surface area contributed by atoms with Crippen LogP contribution in [0.3, 0.4) is 0 Å². The molecule has 15 heavy (non-hydrogen) atoms. The molecule has 1 fully saturated rings. The van der Waals surface area contributed by atoms with Gasteiger partial charge in [0.1, 0.15) is 5.69 Å². The van der Waals surface area contributed by atoms with E-state index in [0.717, 1.165) is 25.0 Å². The first kappa shape index (κ1) is 10.4. The zero-order valence-electron chi connectivity index (χ0n) is 9.23. The molecule has 0 amide bonds. The van der Waals surface area contributed by atoms with Gasteiger partial charge in [0.2, 0.25) is 5.88 Å². The number of rotatable bonds is 2. The average molecular weight is 207 g/mol. The molecule has 2 unspecified atom stereocenters. The lowest BCUT2D eigenvalue weighted by Gasteiger charge is -2.24. The minimum Gasteiger partial charge on any atom is -0.480 e. The highest BCUT2D eigenvalue weighted by Gasteiger charge is 2.39. The second kappa shape index (κ2) is 3.77. The number of nitrogens with zero attached hydrogens (tertiary/aromatic N) is 2.